The summed E-state index contributed by atoms with van der Waals surface area (Å²) >= 11 is 0. The van der Waals surface area contributed by atoms with Crippen molar-refractivity contribution in [3.05, 3.63) is 32.6 Å². The molecule has 0 aliphatic carbocycles. The maximum Gasteiger partial charge on any atom is 0.342 e. The highest BCUT2D eigenvalue weighted by molar-refractivity contribution is 7.90. The van der Waals surface area contributed by atoms with Gasteiger partial charge in [0.15, 0.2) is 0 Å². The Bertz CT molecular complexity index is 669. The number of aromatic amines is 1. The summed E-state index contributed by atoms with van der Waals surface area (Å²) in [4.78, 5) is 35.0. The third-order valence-corrected chi connectivity index (χ3v) is 3.19. The van der Waals surface area contributed by atoms with Gasteiger partial charge in [-0.3, -0.25) is 14.3 Å². The zero-order chi connectivity index (χ0) is 13.9. The molecule has 0 radical (unpaired) electrons. The molecule has 0 aromatic carbocycles. The molecule has 0 spiro atoms. The van der Waals surface area contributed by atoms with E-state index in [1.54, 1.807) is 0 Å². The van der Waals surface area contributed by atoms with Crippen LogP contribution in [0.1, 0.15) is 16.8 Å². The van der Waals surface area contributed by atoms with Crippen molar-refractivity contribution in [1.29, 1.82) is 0 Å². The molecular formula is C9H12N2O6S. The van der Waals surface area contributed by atoms with Gasteiger partial charge in [-0.2, -0.15) is 0 Å². The van der Waals surface area contributed by atoms with Crippen molar-refractivity contribution in [3.8, 4) is 0 Å². The van der Waals surface area contributed by atoms with E-state index in [4.69, 9.17) is 5.11 Å². The van der Waals surface area contributed by atoms with Crippen LogP contribution in [-0.4, -0.2) is 41.1 Å². The van der Waals surface area contributed by atoms with Crippen LogP contribution in [0.5, 0.6) is 0 Å². The summed E-state index contributed by atoms with van der Waals surface area (Å²) in [6.45, 7) is 0.0168. The molecule has 1 rings (SSSR count). The lowest BCUT2D eigenvalue weighted by Gasteiger charge is -2.05. The van der Waals surface area contributed by atoms with E-state index in [2.05, 4.69) is 0 Å². The molecule has 9 heteroatoms. The van der Waals surface area contributed by atoms with E-state index in [1.165, 1.54) is 0 Å². The third kappa shape index (κ3) is 3.84. The van der Waals surface area contributed by atoms with Gasteiger partial charge >= 0.3 is 11.7 Å². The highest BCUT2D eigenvalue weighted by Gasteiger charge is 2.11. The summed E-state index contributed by atoms with van der Waals surface area (Å²) in [5, 5.41) is 8.70. The highest BCUT2D eigenvalue weighted by Crippen LogP contribution is 1.94. The van der Waals surface area contributed by atoms with E-state index < -0.39 is 32.6 Å². The predicted octanol–water partition coefficient (Wildman–Crippen LogP) is -1.33. The molecular weight excluding hydrogens is 264 g/mol. The van der Waals surface area contributed by atoms with E-state index in [0.29, 0.717) is 0 Å². The van der Waals surface area contributed by atoms with Crippen molar-refractivity contribution in [3.63, 3.8) is 0 Å². The average Bonchev–Trinajstić information content (AvgIpc) is 2.18. The number of aryl methyl sites for hydroxylation is 1. The fraction of sp³-hybridized carbons (Fsp3) is 0.444. The molecule has 100 valence electrons. The first-order chi connectivity index (χ1) is 8.20. The minimum atomic E-state index is -3.15. The summed E-state index contributed by atoms with van der Waals surface area (Å²) in [5.74, 6) is -1.57. The summed E-state index contributed by atoms with van der Waals surface area (Å²) in [7, 11) is -3.15. The molecule has 0 aliphatic rings. The van der Waals surface area contributed by atoms with Crippen molar-refractivity contribution < 1.29 is 18.3 Å². The van der Waals surface area contributed by atoms with Crippen LogP contribution in [0, 0.1) is 0 Å². The molecule has 0 unspecified atom stereocenters. The van der Waals surface area contributed by atoms with Crippen molar-refractivity contribution in [1.82, 2.24) is 9.55 Å². The highest BCUT2D eigenvalue weighted by atomic mass is 32.2. The first-order valence-electron chi connectivity index (χ1n) is 4.95. The Hall–Kier alpha value is -1.90. The Morgan fingerprint density at radius 1 is 1.44 bits per heavy atom. The molecule has 2 N–H and O–H groups in total. The lowest BCUT2D eigenvalue weighted by molar-refractivity contribution is 0.0693. The van der Waals surface area contributed by atoms with Crippen LogP contribution in [0.4, 0.5) is 0 Å². The normalized spacial score (nSPS) is 11.4. The molecule has 0 fully saturated rings. The number of carboxylic acid groups (broad SMARTS) is 1. The Morgan fingerprint density at radius 2 is 2.06 bits per heavy atom. The first-order valence-corrected chi connectivity index (χ1v) is 7.01. The maximum atomic E-state index is 11.3. The minimum absolute atomic E-state index is 0.0168. The second-order valence-corrected chi connectivity index (χ2v) is 6.04. The molecule has 0 atom stereocenters. The second-order valence-electron chi connectivity index (χ2n) is 3.78. The van der Waals surface area contributed by atoms with Gasteiger partial charge < -0.3 is 5.11 Å². The van der Waals surface area contributed by atoms with Gasteiger partial charge in [-0.25, -0.2) is 18.0 Å². The predicted molar refractivity (Wildman–Crippen MR) is 62.6 cm³/mol. The van der Waals surface area contributed by atoms with Crippen LogP contribution < -0.4 is 11.2 Å². The van der Waals surface area contributed by atoms with E-state index in [1.807, 2.05) is 4.98 Å². The third-order valence-electron chi connectivity index (χ3n) is 2.16. The number of H-pyrrole nitrogens is 1. The second kappa shape index (κ2) is 5.17. The smallest absolute Gasteiger partial charge is 0.342 e. The van der Waals surface area contributed by atoms with Crippen molar-refractivity contribution >= 4 is 15.8 Å². The summed E-state index contributed by atoms with van der Waals surface area (Å²) in [6, 6.07) is 0. The largest absolute Gasteiger partial charge is 0.477 e. The maximum absolute atomic E-state index is 11.3. The van der Waals surface area contributed by atoms with E-state index in [0.717, 1.165) is 17.0 Å². The van der Waals surface area contributed by atoms with Crippen LogP contribution >= 0.6 is 0 Å². The number of aromatic carboxylic acids is 1. The number of carboxylic acids is 1. The summed E-state index contributed by atoms with van der Waals surface area (Å²) in [6.07, 6.45) is 2.13. The van der Waals surface area contributed by atoms with Crippen LogP contribution in [0.3, 0.4) is 0 Å². The fourth-order valence-corrected chi connectivity index (χ4v) is 1.98. The first kappa shape index (κ1) is 14.2. The molecule has 8 nitrogen and oxygen atoms in total. The molecule has 1 heterocycles. The van der Waals surface area contributed by atoms with Gasteiger partial charge in [0.05, 0.1) is 5.75 Å². The number of nitrogens with zero attached hydrogens (tertiary/aromatic N) is 1. The van der Waals surface area contributed by atoms with Crippen LogP contribution in [0.25, 0.3) is 0 Å². The number of carbonyl (C=O) groups is 1. The Labute approximate surface area is 102 Å². The summed E-state index contributed by atoms with van der Waals surface area (Å²) in [5.41, 5.74) is -2.31. The van der Waals surface area contributed by atoms with Crippen molar-refractivity contribution in [2.24, 2.45) is 0 Å². The SMILES string of the molecule is CS(=O)(=O)CCCn1cc(C(=O)O)c(=O)[nH]c1=O. The number of aromatic nitrogens is 2. The van der Waals surface area contributed by atoms with Gasteiger partial charge in [-0.1, -0.05) is 0 Å². The standard InChI is InChI=1S/C9H12N2O6S/c1-18(16,17)4-2-3-11-5-6(8(13)14)7(12)10-9(11)15/h5H,2-4H2,1H3,(H,13,14)(H,10,12,15). The van der Waals surface area contributed by atoms with Gasteiger partial charge in [0, 0.05) is 19.0 Å². The van der Waals surface area contributed by atoms with Crippen LogP contribution in [-0.2, 0) is 16.4 Å². The zero-order valence-electron chi connectivity index (χ0n) is 9.54. The van der Waals surface area contributed by atoms with Gasteiger partial charge in [0.1, 0.15) is 15.4 Å². The van der Waals surface area contributed by atoms with Crippen LogP contribution in [0.15, 0.2) is 15.8 Å². The Kier molecular flexibility index (Phi) is 4.07. The Morgan fingerprint density at radius 3 is 2.56 bits per heavy atom. The molecule has 0 aliphatic heterocycles. The molecule has 1 aromatic heterocycles. The number of rotatable bonds is 5. The minimum Gasteiger partial charge on any atom is -0.477 e. The number of hydrogen-bond acceptors (Lipinski definition) is 5. The molecule has 0 bridgehead atoms. The van der Waals surface area contributed by atoms with Gasteiger partial charge in [0.25, 0.3) is 5.56 Å². The fourth-order valence-electron chi connectivity index (χ4n) is 1.32. The van der Waals surface area contributed by atoms with Crippen molar-refractivity contribution in [2.75, 3.05) is 12.0 Å². The van der Waals surface area contributed by atoms with Crippen molar-refractivity contribution in [2.45, 2.75) is 13.0 Å². The number of sulfone groups is 1. The average molecular weight is 276 g/mol. The van der Waals surface area contributed by atoms with Crippen LogP contribution in [0.2, 0.25) is 0 Å². The van der Waals surface area contributed by atoms with Gasteiger partial charge in [-0.15, -0.1) is 0 Å². The number of hydrogen-bond donors (Lipinski definition) is 2. The Balaban J connectivity index is 2.97. The molecule has 0 amide bonds. The molecule has 18 heavy (non-hydrogen) atoms. The summed E-state index contributed by atoms with van der Waals surface area (Å²) < 4.78 is 22.8. The number of nitrogens with one attached hydrogen (secondary N) is 1. The lowest BCUT2D eigenvalue weighted by Crippen LogP contribution is -2.33. The molecule has 1 aromatic rings. The van der Waals surface area contributed by atoms with E-state index in [9.17, 15) is 22.8 Å². The van der Waals surface area contributed by atoms with E-state index in [-0.39, 0.29) is 18.7 Å². The monoisotopic (exact) mass is 276 g/mol. The quantitative estimate of drug-likeness (QED) is 0.686. The van der Waals surface area contributed by atoms with E-state index >= 15 is 0 Å². The topological polar surface area (TPSA) is 126 Å². The lowest BCUT2D eigenvalue weighted by atomic mass is 10.3. The zero-order valence-corrected chi connectivity index (χ0v) is 10.4. The molecule has 0 saturated carbocycles. The van der Waals surface area contributed by atoms with Gasteiger partial charge in [-0.05, 0) is 6.42 Å². The van der Waals surface area contributed by atoms with Gasteiger partial charge in [0.2, 0.25) is 0 Å². The molecule has 0 saturated heterocycles.